The molecule has 0 bridgehead atoms. The summed E-state index contributed by atoms with van der Waals surface area (Å²) in [5.41, 5.74) is 7.84. The number of hydrogen-bond acceptors (Lipinski definition) is 3. The normalized spacial score (nSPS) is 11.3. The minimum atomic E-state index is -0.258. The van der Waals surface area contributed by atoms with Crippen LogP contribution in [0.3, 0.4) is 0 Å². The number of benzene rings is 2. The van der Waals surface area contributed by atoms with E-state index in [1.54, 1.807) is 36.4 Å². The highest BCUT2D eigenvalue weighted by atomic mass is 16.3. The van der Waals surface area contributed by atoms with Crippen molar-refractivity contribution >= 4 is 11.5 Å². The second kappa shape index (κ2) is 5.00. The van der Waals surface area contributed by atoms with E-state index in [0.29, 0.717) is 11.3 Å². The molecule has 3 N–H and O–H groups in total. The third-order valence-corrected chi connectivity index (χ3v) is 3.31. The van der Waals surface area contributed by atoms with Gasteiger partial charge in [0.15, 0.2) is 5.78 Å². The Morgan fingerprint density at radius 2 is 1.70 bits per heavy atom. The van der Waals surface area contributed by atoms with Crippen molar-refractivity contribution in [2.75, 3.05) is 5.73 Å². The average Bonchev–Trinajstić information content (AvgIpc) is 2.37. The Balaban J connectivity index is 2.53. The van der Waals surface area contributed by atoms with E-state index >= 15 is 0 Å². The zero-order chi connectivity index (χ0) is 14.9. The van der Waals surface area contributed by atoms with Gasteiger partial charge in [-0.3, -0.25) is 4.79 Å². The molecule has 0 aliphatic carbocycles. The number of ketones is 1. The molecule has 0 atom stereocenters. The highest BCUT2D eigenvalue weighted by Crippen LogP contribution is 2.29. The molecule has 0 radical (unpaired) electrons. The molecule has 0 spiro atoms. The van der Waals surface area contributed by atoms with Gasteiger partial charge in [0, 0.05) is 11.3 Å². The summed E-state index contributed by atoms with van der Waals surface area (Å²) in [4.78, 5) is 12.5. The molecule has 0 saturated heterocycles. The Hall–Kier alpha value is -2.29. The maximum atomic E-state index is 12.5. The van der Waals surface area contributed by atoms with Crippen molar-refractivity contribution in [3.63, 3.8) is 0 Å². The molecule has 0 amide bonds. The topological polar surface area (TPSA) is 63.3 Å². The molecule has 0 aliphatic rings. The van der Waals surface area contributed by atoms with E-state index in [2.05, 4.69) is 20.8 Å². The van der Waals surface area contributed by atoms with Gasteiger partial charge in [-0.25, -0.2) is 0 Å². The number of carbonyl (C=O) groups excluding carboxylic acids is 1. The van der Waals surface area contributed by atoms with Gasteiger partial charge in [0.25, 0.3) is 0 Å². The fourth-order valence-corrected chi connectivity index (χ4v) is 2.03. The number of rotatable bonds is 2. The predicted octanol–water partition coefficient (Wildman–Crippen LogP) is 3.50. The number of phenolic OH excluding ortho intramolecular Hbond substituents is 1. The number of phenols is 1. The fourth-order valence-electron chi connectivity index (χ4n) is 2.03. The number of carbonyl (C=O) groups is 1. The smallest absolute Gasteiger partial charge is 0.198 e. The summed E-state index contributed by atoms with van der Waals surface area (Å²) < 4.78 is 0. The summed E-state index contributed by atoms with van der Waals surface area (Å²) in [5.74, 6) is -0.280. The van der Waals surface area contributed by atoms with Gasteiger partial charge in [0.2, 0.25) is 0 Å². The van der Waals surface area contributed by atoms with Crippen molar-refractivity contribution in [1.29, 1.82) is 0 Å². The minimum absolute atomic E-state index is 0.0220. The lowest BCUT2D eigenvalue weighted by Crippen LogP contribution is -2.13. The van der Waals surface area contributed by atoms with Gasteiger partial charge >= 0.3 is 0 Å². The lowest BCUT2D eigenvalue weighted by atomic mass is 9.85. The largest absolute Gasteiger partial charge is 0.507 e. The van der Waals surface area contributed by atoms with Gasteiger partial charge in [-0.2, -0.15) is 0 Å². The Bertz CT molecular complexity index is 654. The van der Waals surface area contributed by atoms with Crippen molar-refractivity contribution in [2.24, 2.45) is 0 Å². The molecule has 2 aromatic carbocycles. The van der Waals surface area contributed by atoms with Crippen LogP contribution in [0.25, 0.3) is 0 Å². The third kappa shape index (κ3) is 2.67. The van der Waals surface area contributed by atoms with Gasteiger partial charge in [0.1, 0.15) is 5.75 Å². The van der Waals surface area contributed by atoms with Crippen LogP contribution < -0.4 is 5.73 Å². The molecule has 0 aliphatic heterocycles. The molecule has 0 fully saturated rings. The van der Waals surface area contributed by atoms with Gasteiger partial charge in [-0.15, -0.1) is 0 Å². The van der Waals surface area contributed by atoms with Crippen molar-refractivity contribution in [1.82, 2.24) is 0 Å². The van der Waals surface area contributed by atoms with Crippen LogP contribution in [0.1, 0.15) is 42.3 Å². The molecule has 3 nitrogen and oxygen atoms in total. The monoisotopic (exact) mass is 269 g/mol. The first-order chi connectivity index (χ1) is 9.30. The molecule has 20 heavy (non-hydrogen) atoms. The number of hydrogen-bond donors (Lipinski definition) is 2. The van der Waals surface area contributed by atoms with Crippen molar-refractivity contribution in [3.8, 4) is 5.75 Å². The van der Waals surface area contributed by atoms with Crippen LogP contribution in [0, 0.1) is 0 Å². The van der Waals surface area contributed by atoms with Crippen LogP contribution in [0.15, 0.2) is 42.5 Å². The van der Waals surface area contributed by atoms with E-state index in [-0.39, 0.29) is 22.5 Å². The summed E-state index contributed by atoms with van der Waals surface area (Å²) >= 11 is 0. The van der Waals surface area contributed by atoms with Crippen LogP contribution in [-0.2, 0) is 5.41 Å². The zero-order valence-electron chi connectivity index (χ0n) is 12.0. The van der Waals surface area contributed by atoms with Gasteiger partial charge < -0.3 is 10.8 Å². The molecule has 2 aromatic rings. The minimum Gasteiger partial charge on any atom is -0.507 e. The lowest BCUT2D eigenvalue weighted by Gasteiger charge is -2.20. The fraction of sp³-hybridized carbons (Fsp3) is 0.235. The van der Waals surface area contributed by atoms with Crippen molar-refractivity contribution < 1.29 is 9.90 Å². The lowest BCUT2D eigenvalue weighted by molar-refractivity contribution is 0.103. The molecule has 104 valence electrons. The second-order valence-electron chi connectivity index (χ2n) is 5.90. The van der Waals surface area contributed by atoms with E-state index in [0.717, 1.165) is 5.56 Å². The first-order valence-electron chi connectivity index (χ1n) is 6.53. The summed E-state index contributed by atoms with van der Waals surface area (Å²) in [7, 11) is 0. The Morgan fingerprint density at radius 3 is 2.30 bits per heavy atom. The predicted molar refractivity (Wildman–Crippen MR) is 81.1 cm³/mol. The van der Waals surface area contributed by atoms with E-state index < -0.39 is 0 Å². The summed E-state index contributed by atoms with van der Waals surface area (Å²) in [6.45, 7) is 6.18. The first kappa shape index (κ1) is 14.1. The number of aromatic hydroxyl groups is 1. The van der Waals surface area contributed by atoms with E-state index in [1.165, 1.54) is 0 Å². The van der Waals surface area contributed by atoms with Crippen LogP contribution in [-0.4, -0.2) is 10.9 Å². The third-order valence-electron chi connectivity index (χ3n) is 3.31. The van der Waals surface area contributed by atoms with Crippen molar-refractivity contribution in [2.45, 2.75) is 26.2 Å². The van der Waals surface area contributed by atoms with Gasteiger partial charge in [-0.05, 0) is 35.2 Å². The maximum absolute atomic E-state index is 12.5. The summed E-state index contributed by atoms with van der Waals surface area (Å²) in [5, 5.41) is 9.96. The standard InChI is InChI=1S/C17H19NO2/c1-17(2,3)11-8-9-15(19)13(10-11)16(20)12-6-4-5-7-14(12)18/h4-10,19H,18H2,1-3H3. The summed E-state index contributed by atoms with van der Waals surface area (Å²) in [6.07, 6.45) is 0. The Kier molecular flexibility index (Phi) is 3.53. The van der Waals surface area contributed by atoms with Gasteiger partial charge in [-0.1, -0.05) is 39.0 Å². The van der Waals surface area contributed by atoms with E-state index in [1.807, 2.05) is 6.07 Å². The molecule has 0 unspecified atom stereocenters. The summed E-state index contributed by atoms with van der Waals surface area (Å²) in [6, 6.07) is 12.0. The second-order valence-corrected chi connectivity index (χ2v) is 5.90. The molecule has 3 heteroatoms. The molecule has 0 saturated carbocycles. The quantitative estimate of drug-likeness (QED) is 0.648. The Morgan fingerprint density at radius 1 is 1.05 bits per heavy atom. The number of para-hydroxylation sites is 1. The highest BCUT2D eigenvalue weighted by molar-refractivity contribution is 6.13. The first-order valence-corrected chi connectivity index (χ1v) is 6.53. The number of anilines is 1. The highest BCUT2D eigenvalue weighted by Gasteiger charge is 2.20. The zero-order valence-corrected chi connectivity index (χ0v) is 12.0. The number of nitrogen functional groups attached to an aromatic ring is 1. The molecular weight excluding hydrogens is 250 g/mol. The van der Waals surface area contributed by atoms with Crippen LogP contribution in [0.4, 0.5) is 5.69 Å². The van der Waals surface area contributed by atoms with E-state index in [4.69, 9.17) is 5.73 Å². The number of nitrogens with two attached hydrogens (primary N) is 1. The molecule has 2 rings (SSSR count). The molecule has 0 heterocycles. The van der Waals surface area contributed by atoms with Crippen LogP contribution >= 0.6 is 0 Å². The van der Waals surface area contributed by atoms with E-state index in [9.17, 15) is 9.90 Å². The SMILES string of the molecule is CC(C)(C)c1ccc(O)c(C(=O)c2ccccc2N)c1. The average molecular weight is 269 g/mol. The Labute approximate surface area is 119 Å². The maximum Gasteiger partial charge on any atom is 0.198 e. The molecular formula is C17H19NO2. The van der Waals surface area contributed by atoms with Crippen LogP contribution in [0.5, 0.6) is 5.75 Å². The van der Waals surface area contributed by atoms with Crippen molar-refractivity contribution in [3.05, 3.63) is 59.2 Å². The molecule has 0 aromatic heterocycles. The van der Waals surface area contributed by atoms with Crippen LogP contribution in [0.2, 0.25) is 0 Å². The van der Waals surface area contributed by atoms with Gasteiger partial charge in [0.05, 0.1) is 5.56 Å².